The second kappa shape index (κ2) is 14.1. The van der Waals surface area contributed by atoms with Crippen molar-refractivity contribution in [2.45, 2.75) is 50.9 Å². The molecule has 1 aliphatic rings. The summed E-state index contributed by atoms with van der Waals surface area (Å²) in [5.41, 5.74) is 8.38. The first-order valence-electron chi connectivity index (χ1n) is 13.7. The molecular formula is C31H32N4O8. The lowest BCUT2D eigenvalue weighted by Crippen LogP contribution is -2.57. The molecule has 0 spiro atoms. The van der Waals surface area contributed by atoms with Gasteiger partial charge in [-0.05, 0) is 29.2 Å². The van der Waals surface area contributed by atoms with Gasteiger partial charge in [-0.3, -0.25) is 29.4 Å². The minimum absolute atomic E-state index is 0.00215. The van der Waals surface area contributed by atoms with Crippen LogP contribution in [-0.4, -0.2) is 52.4 Å². The van der Waals surface area contributed by atoms with E-state index >= 15 is 0 Å². The predicted molar refractivity (Wildman–Crippen MR) is 154 cm³/mol. The number of nitro benzene ring substituents is 1. The number of hydrogen-bond donors (Lipinski definition) is 2. The van der Waals surface area contributed by atoms with E-state index in [2.05, 4.69) is 5.32 Å². The zero-order chi connectivity index (χ0) is 30.9. The first kappa shape index (κ1) is 30.7. The number of amides is 3. The number of ether oxygens (including phenoxy) is 2. The van der Waals surface area contributed by atoms with Crippen LogP contribution in [0.25, 0.3) is 0 Å². The van der Waals surface area contributed by atoms with Gasteiger partial charge in [0.2, 0.25) is 11.8 Å². The maximum atomic E-state index is 13.8. The Labute approximate surface area is 247 Å². The van der Waals surface area contributed by atoms with Crippen molar-refractivity contribution in [1.29, 1.82) is 0 Å². The highest BCUT2D eigenvalue weighted by Crippen LogP contribution is 2.29. The molecule has 3 aromatic rings. The zero-order valence-corrected chi connectivity index (χ0v) is 23.5. The molecule has 0 aliphatic carbocycles. The van der Waals surface area contributed by atoms with Crippen molar-refractivity contribution in [1.82, 2.24) is 10.2 Å². The van der Waals surface area contributed by atoms with Crippen molar-refractivity contribution >= 4 is 29.6 Å². The van der Waals surface area contributed by atoms with Crippen LogP contribution in [0.2, 0.25) is 0 Å². The van der Waals surface area contributed by atoms with E-state index in [-0.39, 0.29) is 38.3 Å². The van der Waals surface area contributed by atoms with Crippen LogP contribution in [0.3, 0.4) is 0 Å². The zero-order valence-electron chi connectivity index (χ0n) is 23.5. The fourth-order valence-corrected chi connectivity index (χ4v) is 5.04. The third-order valence-corrected chi connectivity index (χ3v) is 7.22. The third kappa shape index (κ3) is 7.73. The molecule has 0 unspecified atom stereocenters. The van der Waals surface area contributed by atoms with Gasteiger partial charge in [-0.1, -0.05) is 66.7 Å². The smallest absolute Gasteiger partial charge is 0.411 e. The van der Waals surface area contributed by atoms with Crippen LogP contribution in [-0.2, 0) is 43.4 Å². The molecule has 12 nitrogen and oxygen atoms in total. The standard InChI is InChI=1S/C31H32N4O8/c1-2-42-27(36)17-25(21-12-14-24(15-13-21)35(40)41)28(29(32)37)33-30(38)26-16-22-10-6-7-11-23(22)18-34(26)31(39)43-19-20-8-4-3-5-9-20/h3-15,25-26,28H,2,16-19H2,1H3,(H2,32,37)(H,33,38)/t25-,26+,28-/m1/s1. The van der Waals surface area contributed by atoms with Gasteiger partial charge in [-0.25, -0.2) is 4.79 Å². The van der Waals surface area contributed by atoms with Crippen molar-refractivity contribution < 1.29 is 33.6 Å². The molecule has 4 rings (SSSR count). The lowest BCUT2D eigenvalue weighted by Gasteiger charge is -2.36. The summed E-state index contributed by atoms with van der Waals surface area (Å²) >= 11 is 0. The monoisotopic (exact) mass is 588 g/mol. The minimum atomic E-state index is -1.40. The lowest BCUT2D eigenvalue weighted by molar-refractivity contribution is -0.384. The number of carbonyl (C=O) groups is 4. The summed E-state index contributed by atoms with van der Waals surface area (Å²) in [7, 11) is 0. The molecule has 0 saturated carbocycles. The second-order valence-electron chi connectivity index (χ2n) is 10.0. The molecular weight excluding hydrogens is 556 g/mol. The molecule has 12 heteroatoms. The van der Waals surface area contributed by atoms with E-state index in [1.54, 1.807) is 6.92 Å². The maximum absolute atomic E-state index is 13.8. The summed E-state index contributed by atoms with van der Waals surface area (Å²) in [6.45, 7) is 1.80. The molecule has 0 fully saturated rings. The molecule has 1 aliphatic heterocycles. The van der Waals surface area contributed by atoms with Gasteiger partial charge in [0.05, 0.1) is 24.5 Å². The van der Waals surface area contributed by atoms with Crippen LogP contribution in [0.4, 0.5) is 10.5 Å². The van der Waals surface area contributed by atoms with E-state index in [9.17, 15) is 29.3 Å². The molecule has 0 aromatic heterocycles. The van der Waals surface area contributed by atoms with Crippen molar-refractivity contribution in [2.24, 2.45) is 5.73 Å². The average molecular weight is 589 g/mol. The number of esters is 1. The van der Waals surface area contributed by atoms with Gasteiger partial charge in [0.25, 0.3) is 5.69 Å². The molecule has 43 heavy (non-hydrogen) atoms. The van der Waals surface area contributed by atoms with Crippen LogP contribution >= 0.6 is 0 Å². The first-order valence-corrected chi connectivity index (χ1v) is 13.7. The number of nitrogens with zero attached hydrogens (tertiary/aromatic N) is 2. The SMILES string of the molecule is CCOC(=O)C[C@H](c1ccc([N+](=O)[O-])cc1)[C@@H](NC(=O)[C@@H]1Cc2ccccc2CN1C(=O)OCc1ccccc1)C(N)=O. The summed E-state index contributed by atoms with van der Waals surface area (Å²) < 4.78 is 10.6. The highest BCUT2D eigenvalue weighted by Gasteiger charge is 2.39. The number of non-ortho nitro benzene ring substituents is 1. The van der Waals surface area contributed by atoms with Crippen molar-refractivity contribution in [2.75, 3.05) is 6.61 Å². The Morgan fingerprint density at radius 2 is 1.63 bits per heavy atom. The molecule has 0 radical (unpaired) electrons. The van der Waals surface area contributed by atoms with Crippen LogP contribution in [0.15, 0.2) is 78.9 Å². The van der Waals surface area contributed by atoms with Crippen LogP contribution in [0.1, 0.15) is 41.5 Å². The molecule has 3 atom stereocenters. The maximum Gasteiger partial charge on any atom is 0.411 e. The number of rotatable bonds is 11. The van der Waals surface area contributed by atoms with E-state index < -0.39 is 46.8 Å². The summed E-state index contributed by atoms with van der Waals surface area (Å²) in [5.74, 6) is -3.26. The number of nitrogens with two attached hydrogens (primary N) is 1. The molecule has 1 heterocycles. The second-order valence-corrected chi connectivity index (χ2v) is 10.0. The molecule has 3 amide bonds. The predicted octanol–water partition coefficient (Wildman–Crippen LogP) is 3.37. The summed E-state index contributed by atoms with van der Waals surface area (Å²) in [4.78, 5) is 64.3. The fraction of sp³-hybridized carbons (Fsp3) is 0.290. The number of benzene rings is 3. The van der Waals surface area contributed by atoms with Crippen LogP contribution < -0.4 is 11.1 Å². The number of carbonyl (C=O) groups excluding carboxylic acids is 4. The van der Waals surface area contributed by atoms with Crippen LogP contribution in [0, 0.1) is 10.1 Å². The number of hydrogen-bond acceptors (Lipinski definition) is 8. The summed E-state index contributed by atoms with van der Waals surface area (Å²) in [6, 6.07) is 19.3. The largest absolute Gasteiger partial charge is 0.466 e. The van der Waals surface area contributed by atoms with E-state index in [4.69, 9.17) is 15.2 Å². The molecule has 0 bridgehead atoms. The topological polar surface area (TPSA) is 171 Å². The van der Waals surface area contributed by atoms with Gasteiger partial charge in [0.1, 0.15) is 18.7 Å². The number of nitrogens with one attached hydrogen (secondary N) is 1. The number of primary amides is 1. The van der Waals surface area contributed by atoms with E-state index in [1.807, 2.05) is 54.6 Å². The molecule has 224 valence electrons. The highest BCUT2D eigenvalue weighted by atomic mass is 16.6. The van der Waals surface area contributed by atoms with Gasteiger partial charge in [0.15, 0.2) is 0 Å². The average Bonchev–Trinajstić information content (AvgIpc) is 3.01. The van der Waals surface area contributed by atoms with Crippen molar-refractivity contribution in [3.05, 3.63) is 111 Å². The minimum Gasteiger partial charge on any atom is -0.466 e. The Kier molecular flexibility index (Phi) is 10.0. The Bertz CT molecular complexity index is 1480. The first-order chi connectivity index (χ1) is 20.7. The van der Waals surface area contributed by atoms with Crippen LogP contribution in [0.5, 0.6) is 0 Å². The normalized spacial score (nSPS) is 15.4. The Morgan fingerprint density at radius 1 is 0.977 bits per heavy atom. The quantitative estimate of drug-likeness (QED) is 0.195. The third-order valence-electron chi connectivity index (χ3n) is 7.22. The van der Waals surface area contributed by atoms with Crippen molar-refractivity contribution in [3.8, 4) is 0 Å². The summed E-state index contributed by atoms with van der Waals surface area (Å²) in [5, 5.41) is 13.8. The number of fused-ring (bicyclic) bond motifs is 1. The Balaban J connectivity index is 1.61. The van der Waals surface area contributed by atoms with E-state index in [1.165, 1.54) is 29.2 Å². The number of nitro groups is 1. The fourth-order valence-electron chi connectivity index (χ4n) is 5.04. The highest BCUT2D eigenvalue weighted by molar-refractivity contribution is 5.92. The Morgan fingerprint density at radius 3 is 2.26 bits per heavy atom. The Hall–Kier alpha value is -5.26. The van der Waals surface area contributed by atoms with Gasteiger partial charge < -0.3 is 20.5 Å². The van der Waals surface area contributed by atoms with E-state index in [0.29, 0.717) is 5.56 Å². The summed E-state index contributed by atoms with van der Waals surface area (Å²) in [6.07, 6.45) is -0.906. The molecule has 3 aromatic carbocycles. The van der Waals surface area contributed by atoms with E-state index in [0.717, 1.165) is 16.7 Å². The van der Waals surface area contributed by atoms with Crippen molar-refractivity contribution in [3.63, 3.8) is 0 Å². The van der Waals surface area contributed by atoms with Gasteiger partial charge >= 0.3 is 12.1 Å². The van der Waals surface area contributed by atoms with Gasteiger partial charge in [0, 0.05) is 24.5 Å². The lowest BCUT2D eigenvalue weighted by atomic mass is 9.87. The molecule has 0 saturated heterocycles. The van der Waals surface area contributed by atoms with Gasteiger partial charge in [-0.15, -0.1) is 0 Å². The molecule has 3 N–H and O–H groups in total. The van der Waals surface area contributed by atoms with Gasteiger partial charge in [-0.2, -0.15) is 0 Å².